The van der Waals surface area contributed by atoms with Crippen molar-refractivity contribution >= 4 is 5.97 Å². The molecule has 3 aromatic rings. The lowest BCUT2D eigenvalue weighted by Gasteiger charge is -2.08. The first kappa shape index (κ1) is 16.5. The molecule has 0 saturated heterocycles. The lowest BCUT2D eigenvalue weighted by Crippen LogP contribution is -2.06. The van der Waals surface area contributed by atoms with E-state index in [1.54, 1.807) is 19.1 Å². The van der Waals surface area contributed by atoms with Gasteiger partial charge in [0.1, 0.15) is 0 Å². The second-order valence-corrected chi connectivity index (χ2v) is 5.65. The molecule has 0 unspecified atom stereocenters. The number of carbonyl (C=O) groups is 1. The van der Waals surface area contributed by atoms with E-state index in [-0.39, 0.29) is 5.97 Å². The van der Waals surface area contributed by atoms with Crippen molar-refractivity contribution in [2.24, 2.45) is 0 Å². The van der Waals surface area contributed by atoms with Gasteiger partial charge < -0.3 is 9.72 Å². The van der Waals surface area contributed by atoms with Gasteiger partial charge in [-0.15, -0.1) is 0 Å². The highest BCUT2D eigenvalue weighted by Crippen LogP contribution is 2.35. The molecule has 0 atom stereocenters. The summed E-state index contributed by atoms with van der Waals surface area (Å²) in [6, 6.07) is 19.0. The summed E-state index contributed by atoms with van der Waals surface area (Å²) in [5, 5.41) is 8.99. The first-order valence-electron chi connectivity index (χ1n) is 8.11. The molecule has 0 bridgehead atoms. The van der Waals surface area contributed by atoms with Gasteiger partial charge in [-0.2, -0.15) is 5.26 Å². The highest BCUT2D eigenvalue weighted by Gasteiger charge is 2.24. The van der Waals surface area contributed by atoms with E-state index in [0.717, 1.165) is 28.1 Å². The molecule has 0 fully saturated rings. The van der Waals surface area contributed by atoms with E-state index in [1.165, 1.54) is 0 Å². The summed E-state index contributed by atoms with van der Waals surface area (Å²) in [4.78, 5) is 16.0. The largest absolute Gasteiger partial charge is 0.462 e. The molecule has 4 nitrogen and oxygen atoms in total. The first-order chi connectivity index (χ1) is 12.2. The molecule has 0 radical (unpaired) electrons. The number of rotatable bonds is 4. The standard InChI is InChI=1S/C21H18N2O2/c1-3-25-21(24)19-18(16-11-9-15(13-22)10-12-16)14(2)23-20(19)17-7-5-4-6-8-17/h4-12,23H,3H2,1-2H3. The minimum atomic E-state index is -0.356. The van der Waals surface area contributed by atoms with Crippen molar-refractivity contribution in [2.75, 3.05) is 6.61 Å². The van der Waals surface area contributed by atoms with Gasteiger partial charge in [-0.3, -0.25) is 0 Å². The number of esters is 1. The second-order valence-electron chi connectivity index (χ2n) is 5.65. The third kappa shape index (κ3) is 3.17. The van der Waals surface area contributed by atoms with Crippen LogP contribution < -0.4 is 0 Å². The fraction of sp³-hybridized carbons (Fsp3) is 0.143. The van der Waals surface area contributed by atoms with Crippen molar-refractivity contribution in [3.05, 3.63) is 71.4 Å². The van der Waals surface area contributed by atoms with Gasteiger partial charge in [0.05, 0.1) is 29.5 Å². The number of aromatic nitrogens is 1. The maximum atomic E-state index is 12.7. The summed E-state index contributed by atoms with van der Waals surface area (Å²) in [6.07, 6.45) is 0. The highest BCUT2D eigenvalue weighted by atomic mass is 16.5. The predicted octanol–water partition coefficient (Wildman–Crippen LogP) is 4.71. The minimum Gasteiger partial charge on any atom is -0.462 e. The van der Waals surface area contributed by atoms with Gasteiger partial charge in [0.15, 0.2) is 0 Å². The predicted molar refractivity (Wildman–Crippen MR) is 97.1 cm³/mol. The van der Waals surface area contributed by atoms with Crippen LogP contribution in [0.15, 0.2) is 54.6 Å². The number of hydrogen-bond acceptors (Lipinski definition) is 3. The van der Waals surface area contributed by atoms with E-state index in [1.807, 2.05) is 49.4 Å². The molecule has 0 aliphatic rings. The van der Waals surface area contributed by atoms with Gasteiger partial charge in [-0.1, -0.05) is 42.5 Å². The van der Waals surface area contributed by atoms with E-state index in [4.69, 9.17) is 10.00 Å². The zero-order valence-corrected chi connectivity index (χ0v) is 14.2. The number of nitrogens with one attached hydrogen (secondary N) is 1. The van der Waals surface area contributed by atoms with Crippen molar-refractivity contribution in [2.45, 2.75) is 13.8 Å². The molecule has 25 heavy (non-hydrogen) atoms. The van der Waals surface area contributed by atoms with E-state index < -0.39 is 0 Å². The quantitative estimate of drug-likeness (QED) is 0.705. The zero-order chi connectivity index (χ0) is 17.8. The Morgan fingerprint density at radius 3 is 2.36 bits per heavy atom. The average Bonchev–Trinajstić information content (AvgIpc) is 3.00. The van der Waals surface area contributed by atoms with Gasteiger partial charge in [-0.25, -0.2) is 4.79 Å². The number of ether oxygens (including phenoxy) is 1. The molecule has 124 valence electrons. The van der Waals surface area contributed by atoms with Gasteiger partial charge in [0, 0.05) is 11.3 Å². The summed E-state index contributed by atoms with van der Waals surface area (Å²) in [6.45, 7) is 4.04. The van der Waals surface area contributed by atoms with Crippen molar-refractivity contribution in [1.29, 1.82) is 5.26 Å². The number of benzene rings is 2. The molecule has 1 heterocycles. The van der Waals surface area contributed by atoms with Crippen LogP contribution in [0.1, 0.15) is 28.5 Å². The number of aryl methyl sites for hydroxylation is 1. The molecule has 0 saturated carbocycles. The van der Waals surface area contributed by atoms with Crippen LogP contribution in [0.5, 0.6) is 0 Å². The summed E-state index contributed by atoms with van der Waals surface area (Å²) >= 11 is 0. The van der Waals surface area contributed by atoms with Crippen LogP contribution in [0.3, 0.4) is 0 Å². The van der Waals surface area contributed by atoms with E-state index in [2.05, 4.69) is 11.1 Å². The summed E-state index contributed by atoms with van der Waals surface area (Å²) in [7, 11) is 0. The van der Waals surface area contributed by atoms with Crippen molar-refractivity contribution in [1.82, 2.24) is 4.98 Å². The molecule has 3 rings (SSSR count). The monoisotopic (exact) mass is 330 g/mol. The Morgan fingerprint density at radius 2 is 1.76 bits per heavy atom. The number of hydrogen-bond donors (Lipinski definition) is 1. The number of nitrogens with zero attached hydrogens (tertiary/aromatic N) is 1. The Bertz CT molecular complexity index is 933. The summed E-state index contributed by atoms with van der Waals surface area (Å²) in [5.41, 5.74) is 5.34. The van der Waals surface area contributed by atoms with Crippen molar-refractivity contribution < 1.29 is 9.53 Å². The van der Waals surface area contributed by atoms with Crippen molar-refractivity contribution in [3.8, 4) is 28.5 Å². The molecule has 0 amide bonds. The van der Waals surface area contributed by atoms with Gasteiger partial charge in [-0.05, 0) is 37.1 Å². The Hall–Kier alpha value is -3.32. The van der Waals surface area contributed by atoms with Gasteiger partial charge >= 0.3 is 5.97 Å². The number of carbonyl (C=O) groups excluding carboxylic acids is 1. The SMILES string of the molecule is CCOC(=O)c1c(-c2ccccc2)[nH]c(C)c1-c1ccc(C#N)cc1. The van der Waals surface area contributed by atoms with Gasteiger partial charge in [0.25, 0.3) is 0 Å². The zero-order valence-electron chi connectivity index (χ0n) is 14.2. The Morgan fingerprint density at radius 1 is 1.08 bits per heavy atom. The highest BCUT2D eigenvalue weighted by molar-refractivity contribution is 6.04. The molecule has 0 spiro atoms. The van der Waals surface area contributed by atoms with Crippen molar-refractivity contribution in [3.63, 3.8) is 0 Å². The maximum absolute atomic E-state index is 12.7. The van der Waals surface area contributed by atoms with Gasteiger partial charge in [0.2, 0.25) is 0 Å². The van der Waals surface area contributed by atoms with Crippen LogP contribution in [-0.4, -0.2) is 17.6 Å². The number of H-pyrrole nitrogens is 1. The Kier molecular flexibility index (Phi) is 4.67. The van der Waals surface area contributed by atoms with E-state index >= 15 is 0 Å². The van der Waals surface area contributed by atoms with Crippen LogP contribution in [0.4, 0.5) is 0 Å². The normalized spacial score (nSPS) is 10.3. The molecular formula is C21H18N2O2. The molecule has 2 aromatic carbocycles. The summed E-state index contributed by atoms with van der Waals surface area (Å²) in [5.74, 6) is -0.356. The lowest BCUT2D eigenvalue weighted by atomic mass is 9.97. The van der Waals surface area contributed by atoms with E-state index in [9.17, 15) is 4.79 Å². The summed E-state index contributed by atoms with van der Waals surface area (Å²) < 4.78 is 5.30. The Labute approximate surface area is 146 Å². The molecule has 1 aromatic heterocycles. The van der Waals surface area contributed by atoms with Crippen LogP contribution in [0.2, 0.25) is 0 Å². The lowest BCUT2D eigenvalue weighted by molar-refractivity contribution is 0.0528. The molecule has 4 heteroatoms. The fourth-order valence-corrected chi connectivity index (χ4v) is 2.93. The first-order valence-corrected chi connectivity index (χ1v) is 8.11. The molecule has 0 aliphatic carbocycles. The molecule has 1 N–H and O–H groups in total. The Balaban J connectivity index is 2.22. The minimum absolute atomic E-state index is 0.310. The van der Waals surface area contributed by atoms with Crippen LogP contribution in [0, 0.1) is 18.3 Å². The molecular weight excluding hydrogens is 312 g/mol. The topological polar surface area (TPSA) is 65.9 Å². The fourth-order valence-electron chi connectivity index (χ4n) is 2.93. The third-order valence-corrected chi connectivity index (χ3v) is 4.03. The third-order valence-electron chi connectivity index (χ3n) is 4.03. The molecule has 0 aliphatic heterocycles. The number of aromatic amines is 1. The van der Waals surface area contributed by atoms with E-state index in [0.29, 0.717) is 17.7 Å². The number of nitriles is 1. The maximum Gasteiger partial charge on any atom is 0.340 e. The van der Waals surface area contributed by atoms with Crippen LogP contribution >= 0.6 is 0 Å². The smallest absolute Gasteiger partial charge is 0.340 e. The second kappa shape index (κ2) is 7.06. The van der Waals surface area contributed by atoms with Crippen LogP contribution in [0.25, 0.3) is 22.4 Å². The van der Waals surface area contributed by atoms with Crippen LogP contribution in [-0.2, 0) is 4.74 Å². The average molecular weight is 330 g/mol.